The molecule has 0 spiro atoms. The maximum atomic E-state index is 5.59. The molecule has 22 heavy (non-hydrogen) atoms. The smallest absolute Gasteiger partial charge is 0.370 e. The third-order valence-electron chi connectivity index (χ3n) is 3.65. The standard InChI is InChI=1S/C19H19N2O/c1-15-11-18(17-9-6-10-20-12-17)14-21(19(15)22-2)13-16-7-4-3-5-8-16/h3-12,14H,13H2,1-2H3/q+1. The van der Waals surface area contributed by atoms with Crippen molar-refractivity contribution in [3.63, 3.8) is 0 Å². The van der Waals surface area contributed by atoms with E-state index in [9.17, 15) is 0 Å². The fourth-order valence-electron chi connectivity index (χ4n) is 2.65. The van der Waals surface area contributed by atoms with Gasteiger partial charge in [0.25, 0.3) is 0 Å². The molecule has 110 valence electrons. The Bertz CT molecular complexity index is 755. The predicted octanol–water partition coefficient (Wildman–Crippen LogP) is 3.40. The van der Waals surface area contributed by atoms with Crippen molar-refractivity contribution in [3.8, 4) is 17.0 Å². The van der Waals surface area contributed by atoms with Crippen LogP contribution in [-0.2, 0) is 6.54 Å². The quantitative estimate of drug-likeness (QED) is 0.689. The number of benzene rings is 1. The maximum Gasteiger partial charge on any atom is 0.370 e. The van der Waals surface area contributed by atoms with Gasteiger partial charge >= 0.3 is 5.88 Å². The zero-order chi connectivity index (χ0) is 15.4. The SMILES string of the molecule is COc1c(C)cc(-c2cccnc2)c[n+]1Cc1ccccc1. The molecule has 0 aliphatic heterocycles. The van der Waals surface area contributed by atoms with E-state index in [1.54, 1.807) is 13.3 Å². The molecule has 3 aromatic rings. The lowest BCUT2D eigenvalue weighted by Gasteiger charge is -2.08. The van der Waals surface area contributed by atoms with Gasteiger partial charge < -0.3 is 4.74 Å². The van der Waals surface area contributed by atoms with Crippen molar-refractivity contribution in [1.82, 2.24) is 4.98 Å². The minimum absolute atomic E-state index is 0.777. The number of pyridine rings is 2. The number of rotatable bonds is 4. The lowest BCUT2D eigenvalue weighted by molar-refractivity contribution is -0.692. The van der Waals surface area contributed by atoms with Crippen LogP contribution in [0.1, 0.15) is 11.1 Å². The summed E-state index contributed by atoms with van der Waals surface area (Å²) in [6, 6.07) is 16.6. The number of hydrogen-bond donors (Lipinski definition) is 0. The van der Waals surface area contributed by atoms with Crippen LogP contribution >= 0.6 is 0 Å². The highest BCUT2D eigenvalue weighted by molar-refractivity contribution is 5.61. The highest BCUT2D eigenvalue weighted by atomic mass is 16.5. The summed E-state index contributed by atoms with van der Waals surface area (Å²) in [5, 5.41) is 0. The van der Waals surface area contributed by atoms with Gasteiger partial charge in [0, 0.05) is 29.1 Å². The molecule has 0 unspecified atom stereocenters. The second-order valence-corrected chi connectivity index (χ2v) is 5.28. The molecule has 0 N–H and O–H groups in total. The number of hydrogen-bond acceptors (Lipinski definition) is 2. The van der Waals surface area contributed by atoms with Gasteiger partial charge in [0.1, 0.15) is 0 Å². The fraction of sp³-hybridized carbons (Fsp3) is 0.158. The van der Waals surface area contributed by atoms with Crippen LogP contribution in [0.4, 0.5) is 0 Å². The molecule has 0 aliphatic rings. The number of aromatic nitrogens is 2. The molecule has 0 amide bonds. The zero-order valence-corrected chi connectivity index (χ0v) is 12.9. The lowest BCUT2D eigenvalue weighted by Crippen LogP contribution is -2.36. The van der Waals surface area contributed by atoms with Crippen LogP contribution in [0.15, 0.2) is 67.1 Å². The van der Waals surface area contributed by atoms with Crippen molar-refractivity contribution in [2.24, 2.45) is 0 Å². The summed E-state index contributed by atoms with van der Waals surface area (Å²) in [5.41, 5.74) is 4.60. The van der Waals surface area contributed by atoms with Crippen LogP contribution in [-0.4, -0.2) is 12.1 Å². The van der Waals surface area contributed by atoms with E-state index in [4.69, 9.17) is 4.74 Å². The molecule has 0 saturated carbocycles. The number of aryl methyl sites for hydroxylation is 1. The average molecular weight is 291 g/mol. The topological polar surface area (TPSA) is 26.0 Å². The molecule has 2 aromatic heterocycles. The van der Waals surface area contributed by atoms with E-state index in [1.807, 2.05) is 18.3 Å². The normalized spacial score (nSPS) is 10.5. The van der Waals surface area contributed by atoms with E-state index in [2.05, 4.69) is 59.1 Å². The molecule has 3 nitrogen and oxygen atoms in total. The van der Waals surface area contributed by atoms with E-state index in [0.29, 0.717) is 0 Å². The van der Waals surface area contributed by atoms with Crippen molar-refractivity contribution in [2.75, 3.05) is 7.11 Å². The first kappa shape index (κ1) is 14.3. The van der Waals surface area contributed by atoms with Gasteiger partial charge in [0.2, 0.25) is 0 Å². The van der Waals surface area contributed by atoms with Crippen LogP contribution in [0.25, 0.3) is 11.1 Å². The number of methoxy groups -OCH3 is 1. The van der Waals surface area contributed by atoms with Crippen LogP contribution in [0.5, 0.6) is 5.88 Å². The molecule has 3 heteroatoms. The summed E-state index contributed by atoms with van der Waals surface area (Å²) in [6.45, 7) is 2.85. The number of ether oxygens (including phenoxy) is 1. The van der Waals surface area contributed by atoms with Gasteiger partial charge in [0.15, 0.2) is 12.7 Å². The Labute approximate surface area is 130 Å². The van der Waals surface area contributed by atoms with Crippen LogP contribution in [0, 0.1) is 6.92 Å². The highest BCUT2D eigenvalue weighted by Gasteiger charge is 2.18. The van der Waals surface area contributed by atoms with Crippen LogP contribution in [0.3, 0.4) is 0 Å². The van der Waals surface area contributed by atoms with Gasteiger partial charge in [-0.15, -0.1) is 0 Å². The number of nitrogens with zero attached hydrogens (tertiary/aromatic N) is 2. The molecule has 0 fully saturated rings. The van der Waals surface area contributed by atoms with Crippen molar-refractivity contribution in [1.29, 1.82) is 0 Å². The summed E-state index contributed by atoms with van der Waals surface area (Å²) >= 11 is 0. The van der Waals surface area contributed by atoms with Crippen molar-refractivity contribution in [2.45, 2.75) is 13.5 Å². The van der Waals surface area contributed by atoms with Crippen LogP contribution < -0.4 is 9.30 Å². The first-order chi connectivity index (χ1) is 10.8. The molecule has 0 bridgehead atoms. The third kappa shape index (κ3) is 2.98. The van der Waals surface area contributed by atoms with Gasteiger partial charge in [-0.1, -0.05) is 36.4 Å². The lowest BCUT2D eigenvalue weighted by atomic mass is 10.1. The second kappa shape index (κ2) is 6.39. The molecule has 0 saturated heterocycles. The molecule has 3 rings (SSSR count). The van der Waals surface area contributed by atoms with Gasteiger partial charge in [-0.3, -0.25) is 4.98 Å². The molecule has 0 atom stereocenters. The maximum absolute atomic E-state index is 5.59. The van der Waals surface area contributed by atoms with E-state index < -0.39 is 0 Å². The van der Waals surface area contributed by atoms with Gasteiger partial charge in [0.05, 0.1) is 12.7 Å². The highest BCUT2D eigenvalue weighted by Crippen LogP contribution is 2.22. The van der Waals surface area contributed by atoms with Crippen molar-refractivity contribution < 1.29 is 9.30 Å². The summed E-state index contributed by atoms with van der Waals surface area (Å²) in [7, 11) is 1.72. The van der Waals surface area contributed by atoms with Crippen LogP contribution in [0.2, 0.25) is 0 Å². The van der Waals surface area contributed by atoms with E-state index in [0.717, 1.165) is 29.1 Å². The summed E-state index contributed by atoms with van der Waals surface area (Å²) < 4.78 is 7.73. The minimum Gasteiger partial charge on any atom is -0.448 e. The van der Waals surface area contributed by atoms with E-state index >= 15 is 0 Å². The summed E-state index contributed by atoms with van der Waals surface area (Å²) in [6.07, 6.45) is 5.79. The second-order valence-electron chi connectivity index (χ2n) is 5.28. The van der Waals surface area contributed by atoms with E-state index in [1.165, 1.54) is 5.56 Å². The summed E-state index contributed by atoms with van der Waals surface area (Å²) in [5.74, 6) is 0.886. The zero-order valence-electron chi connectivity index (χ0n) is 12.9. The molecule has 0 aliphatic carbocycles. The predicted molar refractivity (Wildman–Crippen MR) is 86.7 cm³/mol. The Morgan fingerprint density at radius 3 is 2.55 bits per heavy atom. The molecule has 2 heterocycles. The van der Waals surface area contributed by atoms with Crippen molar-refractivity contribution >= 4 is 0 Å². The van der Waals surface area contributed by atoms with Crippen molar-refractivity contribution in [3.05, 3.63) is 78.2 Å². The Morgan fingerprint density at radius 2 is 1.86 bits per heavy atom. The first-order valence-corrected chi connectivity index (χ1v) is 7.30. The molecular weight excluding hydrogens is 272 g/mol. The Morgan fingerprint density at radius 1 is 1.05 bits per heavy atom. The monoisotopic (exact) mass is 291 g/mol. The fourth-order valence-corrected chi connectivity index (χ4v) is 2.65. The van der Waals surface area contributed by atoms with E-state index in [-0.39, 0.29) is 0 Å². The molecule has 1 aromatic carbocycles. The third-order valence-corrected chi connectivity index (χ3v) is 3.65. The molecular formula is C19H19N2O+. The summed E-state index contributed by atoms with van der Waals surface area (Å²) in [4.78, 5) is 4.21. The Hall–Kier alpha value is -2.68. The molecule has 0 radical (unpaired) electrons. The minimum atomic E-state index is 0.777. The Kier molecular flexibility index (Phi) is 4.15. The van der Waals surface area contributed by atoms with Gasteiger partial charge in [-0.2, -0.15) is 4.57 Å². The van der Waals surface area contributed by atoms with Gasteiger partial charge in [-0.25, -0.2) is 0 Å². The largest absolute Gasteiger partial charge is 0.448 e. The van der Waals surface area contributed by atoms with Gasteiger partial charge in [-0.05, 0) is 19.1 Å². The first-order valence-electron chi connectivity index (χ1n) is 7.30. The Balaban J connectivity index is 2.05. The average Bonchev–Trinajstić information content (AvgIpc) is 2.56.